The summed E-state index contributed by atoms with van der Waals surface area (Å²) in [7, 11) is 0. The fourth-order valence-electron chi connectivity index (χ4n) is 5.66. The van der Waals surface area contributed by atoms with Crippen LogP contribution >= 0.6 is 0 Å². The van der Waals surface area contributed by atoms with Crippen LogP contribution in [0.4, 0.5) is 0 Å². The number of rotatable bonds is 4. The number of nitrogens with zero attached hydrogens (tertiary/aromatic N) is 5. The molecule has 0 spiro atoms. The van der Waals surface area contributed by atoms with E-state index < -0.39 is 0 Å². The van der Waals surface area contributed by atoms with Crippen molar-refractivity contribution in [3.63, 3.8) is 0 Å². The summed E-state index contributed by atoms with van der Waals surface area (Å²) in [6.07, 6.45) is 12.9. The number of quaternary nitrogens is 2. The van der Waals surface area contributed by atoms with Gasteiger partial charge in [0.05, 0.1) is 12.6 Å². The van der Waals surface area contributed by atoms with Gasteiger partial charge in [-0.15, -0.1) is 5.10 Å². The number of hydrogen-bond donors (Lipinski definition) is 2. The zero-order chi connectivity index (χ0) is 18.1. The third-order valence-corrected chi connectivity index (χ3v) is 7.05. The van der Waals surface area contributed by atoms with Gasteiger partial charge in [0.15, 0.2) is 6.04 Å². The molecule has 3 fully saturated rings. The Bertz CT molecular complexity index is 740. The smallest absolute Gasteiger partial charge is 0.214 e. The summed E-state index contributed by atoms with van der Waals surface area (Å²) >= 11 is 0. The molecule has 0 radical (unpaired) electrons. The predicted octanol–water partition coefficient (Wildman–Crippen LogP) is -0.391. The number of aromatic nitrogens is 5. The number of tetrazole rings is 1. The van der Waals surface area contributed by atoms with Crippen LogP contribution in [0.15, 0.2) is 24.5 Å². The lowest BCUT2D eigenvalue weighted by molar-refractivity contribution is -1.03. The highest BCUT2D eigenvalue weighted by Crippen LogP contribution is 2.30. The number of hydrogen-bond acceptors (Lipinski definition) is 4. The SMILES string of the molecule is c1cc([C@H](c2nnnn2C2CCCCC2)[NH+]2CC[NH+]3CCC[C@@H]3C2)ccn1. The van der Waals surface area contributed by atoms with Gasteiger partial charge in [-0.2, -0.15) is 0 Å². The van der Waals surface area contributed by atoms with Gasteiger partial charge >= 0.3 is 0 Å². The number of pyridine rings is 1. The van der Waals surface area contributed by atoms with Crippen molar-refractivity contribution >= 4 is 0 Å². The van der Waals surface area contributed by atoms with E-state index in [1.807, 2.05) is 17.3 Å². The summed E-state index contributed by atoms with van der Waals surface area (Å²) in [5.74, 6) is 1.06. The van der Waals surface area contributed by atoms with E-state index in [1.165, 1.54) is 76.7 Å². The van der Waals surface area contributed by atoms with E-state index in [0.29, 0.717) is 6.04 Å². The van der Waals surface area contributed by atoms with Crippen LogP contribution in [0.5, 0.6) is 0 Å². The van der Waals surface area contributed by atoms with Crippen LogP contribution in [0.2, 0.25) is 0 Å². The zero-order valence-electron chi connectivity index (χ0n) is 16.1. The fourth-order valence-corrected chi connectivity index (χ4v) is 5.66. The van der Waals surface area contributed by atoms with Crippen LogP contribution in [0, 0.1) is 0 Å². The topological polar surface area (TPSA) is 65.4 Å². The van der Waals surface area contributed by atoms with Gasteiger partial charge in [0, 0.05) is 30.8 Å². The maximum atomic E-state index is 4.58. The first-order valence-corrected chi connectivity index (χ1v) is 10.8. The van der Waals surface area contributed by atoms with Gasteiger partial charge in [-0.25, -0.2) is 4.68 Å². The Labute approximate surface area is 160 Å². The average Bonchev–Trinajstić information content (AvgIpc) is 3.39. The summed E-state index contributed by atoms with van der Waals surface area (Å²) in [5.41, 5.74) is 1.30. The summed E-state index contributed by atoms with van der Waals surface area (Å²) in [4.78, 5) is 7.69. The minimum atomic E-state index is 0.215. The van der Waals surface area contributed by atoms with E-state index in [2.05, 4.69) is 37.3 Å². The summed E-state index contributed by atoms with van der Waals surface area (Å²) < 4.78 is 2.17. The van der Waals surface area contributed by atoms with Gasteiger partial charge in [0.2, 0.25) is 5.82 Å². The maximum absolute atomic E-state index is 4.58. The third-order valence-electron chi connectivity index (χ3n) is 7.05. The number of fused-ring (bicyclic) bond motifs is 1. The van der Waals surface area contributed by atoms with Gasteiger partial charge in [-0.3, -0.25) is 4.98 Å². The van der Waals surface area contributed by atoms with Crippen LogP contribution in [-0.4, -0.2) is 57.4 Å². The molecule has 2 saturated heterocycles. The molecule has 0 aromatic carbocycles. The monoisotopic (exact) mass is 369 g/mol. The minimum Gasteiger partial charge on any atom is -0.323 e. The summed E-state index contributed by atoms with van der Waals surface area (Å²) in [5, 5.41) is 13.2. The standard InChI is InChI=1S/C20H29N7/c1-2-5-17(6-3-1)27-20(22-23-24-27)19(16-8-10-21-11-9-16)26-14-13-25-12-4-7-18(25)15-26/h8-11,17-19H,1-7,12-15H2/p+2/t18-,19-/m1/s1. The van der Waals surface area contributed by atoms with E-state index >= 15 is 0 Å². The predicted molar refractivity (Wildman–Crippen MR) is 100 cm³/mol. The number of nitrogens with one attached hydrogen (secondary N) is 2. The van der Waals surface area contributed by atoms with Gasteiger partial charge in [0.25, 0.3) is 0 Å². The summed E-state index contributed by atoms with van der Waals surface area (Å²) in [6, 6.07) is 5.80. The van der Waals surface area contributed by atoms with E-state index in [4.69, 9.17) is 0 Å². The van der Waals surface area contributed by atoms with Crippen molar-refractivity contribution in [1.82, 2.24) is 25.2 Å². The quantitative estimate of drug-likeness (QED) is 0.770. The molecule has 5 rings (SSSR count). The van der Waals surface area contributed by atoms with Crippen molar-refractivity contribution in [3.05, 3.63) is 35.9 Å². The summed E-state index contributed by atoms with van der Waals surface area (Å²) in [6.45, 7) is 5.04. The maximum Gasteiger partial charge on any atom is 0.214 e. The largest absolute Gasteiger partial charge is 0.323 e. The first-order valence-electron chi connectivity index (χ1n) is 10.8. The Kier molecular flexibility index (Phi) is 4.88. The average molecular weight is 370 g/mol. The van der Waals surface area contributed by atoms with E-state index in [1.54, 1.807) is 4.90 Å². The highest BCUT2D eigenvalue weighted by molar-refractivity contribution is 5.19. The van der Waals surface area contributed by atoms with Crippen molar-refractivity contribution in [2.24, 2.45) is 0 Å². The molecule has 144 valence electrons. The highest BCUT2D eigenvalue weighted by Gasteiger charge is 2.42. The van der Waals surface area contributed by atoms with Gasteiger partial charge in [0.1, 0.15) is 25.7 Å². The Morgan fingerprint density at radius 3 is 2.67 bits per heavy atom. The molecule has 1 aliphatic carbocycles. The van der Waals surface area contributed by atoms with Crippen LogP contribution < -0.4 is 9.80 Å². The molecule has 2 aromatic heterocycles. The Balaban J connectivity index is 1.49. The third kappa shape index (κ3) is 3.38. The van der Waals surface area contributed by atoms with Crippen LogP contribution in [0.3, 0.4) is 0 Å². The first kappa shape index (κ1) is 17.3. The molecule has 7 nitrogen and oxygen atoms in total. The minimum absolute atomic E-state index is 0.215. The van der Waals surface area contributed by atoms with Crippen LogP contribution in [0.1, 0.15) is 68.4 Å². The van der Waals surface area contributed by atoms with Crippen LogP contribution in [-0.2, 0) is 0 Å². The molecule has 7 heteroatoms. The molecular weight excluding hydrogens is 338 g/mol. The van der Waals surface area contributed by atoms with Gasteiger partial charge < -0.3 is 9.80 Å². The van der Waals surface area contributed by atoms with Crippen molar-refractivity contribution in [2.45, 2.75) is 63.1 Å². The fraction of sp³-hybridized carbons (Fsp3) is 0.700. The molecule has 3 aliphatic rings. The van der Waals surface area contributed by atoms with Crippen molar-refractivity contribution in [1.29, 1.82) is 0 Å². The molecule has 1 saturated carbocycles. The van der Waals surface area contributed by atoms with Crippen molar-refractivity contribution in [2.75, 3.05) is 26.2 Å². The van der Waals surface area contributed by atoms with Gasteiger partial charge in [-0.05, 0) is 35.4 Å². The molecular formula is C20H31N7+2. The molecule has 2 N–H and O–H groups in total. The molecule has 4 heterocycles. The second-order valence-corrected chi connectivity index (χ2v) is 8.60. The lowest BCUT2D eigenvalue weighted by Crippen LogP contribution is -3.29. The Morgan fingerprint density at radius 2 is 1.81 bits per heavy atom. The van der Waals surface area contributed by atoms with Crippen molar-refractivity contribution in [3.8, 4) is 0 Å². The molecule has 2 aromatic rings. The molecule has 0 amide bonds. The molecule has 27 heavy (non-hydrogen) atoms. The second kappa shape index (κ2) is 7.64. The molecule has 2 aliphatic heterocycles. The lowest BCUT2D eigenvalue weighted by Gasteiger charge is -2.36. The Morgan fingerprint density at radius 1 is 0.963 bits per heavy atom. The highest BCUT2D eigenvalue weighted by atomic mass is 15.6. The molecule has 0 bridgehead atoms. The molecule has 2 unspecified atom stereocenters. The second-order valence-electron chi connectivity index (χ2n) is 8.60. The molecule has 4 atom stereocenters. The van der Waals surface area contributed by atoms with Crippen LogP contribution in [0.25, 0.3) is 0 Å². The number of piperazine rings is 1. The zero-order valence-corrected chi connectivity index (χ0v) is 16.1. The van der Waals surface area contributed by atoms with Gasteiger partial charge in [-0.1, -0.05) is 19.3 Å². The first-order chi connectivity index (χ1) is 13.4. The normalized spacial score (nSPS) is 30.1. The van der Waals surface area contributed by atoms with E-state index in [0.717, 1.165) is 11.9 Å². The van der Waals surface area contributed by atoms with Crippen molar-refractivity contribution < 1.29 is 9.80 Å². The van der Waals surface area contributed by atoms with E-state index in [-0.39, 0.29) is 6.04 Å². The lowest BCUT2D eigenvalue weighted by atomic mass is 9.95. The Hall–Kier alpha value is -1.86. The van der Waals surface area contributed by atoms with E-state index in [9.17, 15) is 0 Å².